The molecule has 5 nitrogen and oxygen atoms in total. The Labute approximate surface area is 123 Å². The third-order valence-corrected chi connectivity index (χ3v) is 4.46. The third-order valence-electron chi connectivity index (χ3n) is 4.46. The SMILES string of the molecule is Cc1ccnc2c1NC(=O)C1C(=NC=CC1C)N2C1CC1. The van der Waals surface area contributed by atoms with Gasteiger partial charge in [-0.1, -0.05) is 13.0 Å². The highest BCUT2D eigenvalue weighted by atomic mass is 16.2. The van der Waals surface area contributed by atoms with Gasteiger partial charge in [0.1, 0.15) is 11.8 Å². The molecule has 108 valence electrons. The molecule has 1 aliphatic carbocycles. The molecule has 4 rings (SSSR count). The van der Waals surface area contributed by atoms with Crippen LogP contribution in [-0.2, 0) is 4.79 Å². The second-order valence-electron chi connectivity index (χ2n) is 6.08. The third kappa shape index (κ3) is 1.87. The largest absolute Gasteiger partial charge is 0.322 e. The fourth-order valence-electron chi connectivity index (χ4n) is 3.13. The van der Waals surface area contributed by atoms with Crippen LogP contribution in [0.2, 0.25) is 0 Å². The van der Waals surface area contributed by atoms with Crippen molar-refractivity contribution in [3.63, 3.8) is 0 Å². The van der Waals surface area contributed by atoms with Gasteiger partial charge in [-0.3, -0.25) is 4.79 Å². The number of carbonyl (C=O) groups excluding carboxylic acids is 1. The van der Waals surface area contributed by atoms with Crippen LogP contribution in [0.5, 0.6) is 0 Å². The first-order chi connectivity index (χ1) is 10.2. The monoisotopic (exact) mass is 282 g/mol. The first-order valence-corrected chi connectivity index (χ1v) is 7.47. The zero-order valence-corrected chi connectivity index (χ0v) is 12.2. The summed E-state index contributed by atoms with van der Waals surface area (Å²) in [5.41, 5.74) is 1.87. The van der Waals surface area contributed by atoms with Crippen molar-refractivity contribution < 1.29 is 4.79 Å². The topological polar surface area (TPSA) is 57.6 Å². The van der Waals surface area contributed by atoms with Crippen LogP contribution in [0.25, 0.3) is 0 Å². The normalized spacial score (nSPS) is 27.4. The second kappa shape index (κ2) is 4.41. The Morgan fingerprint density at radius 2 is 2.19 bits per heavy atom. The van der Waals surface area contributed by atoms with Crippen molar-refractivity contribution in [2.24, 2.45) is 16.8 Å². The zero-order valence-electron chi connectivity index (χ0n) is 12.2. The van der Waals surface area contributed by atoms with Gasteiger partial charge in [-0.25, -0.2) is 9.98 Å². The van der Waals surface area contributed by atoms with Crippen LogP contribution < -0.4 is 10.2 Å². The molecular weight excluding hydrogens is 264 g/mol. The highest BCUT2D eigenvalue weighted by Gasteiger charge is 2.44. The lowest BCUT2D eigenvalue weighted by Gasteiger charge is -2.30. The summed E-state index contributed by atoms with van der Waals surface area (Å²) in [4.78, 5) is 24.0. The maximum Gasteiger partial charge on any atom is 0.235 e. The number of aliphatic imine (C=N–C) groups is 1. The van der Waals surface area contributed by atoms with Gasteiger partial charge in [0.15, 0.2) is 5.82 Å². The highest BCUT2D eigenvalue weighted by molar-refractivity contribution is 6.19. The molecule has 0 saturated heterocycles. The molecule has 1 aromatic rings. The summed E-state index contributed by atoms with van der Waals surface area (Å²) >= 11 is 0. The molecule has 0 aromatic carbocycles. The van der Waals surface area contributed by atoms with Crippen molar-refractivity contribution in [2.45, 2.75) is 32.7 Å². The van der Waals surface area contributed by atoms with Crippen LogP contribution >= 0.6 is 0 Å². The quantitative estimate of drug-likeness (QED) is 0.861. The minimum Gasteiger partial charge on any atom is -0.322 e. The summed E-state index contributed by atoms with van der Waals surface area (Å²) in [6.07, 6.45) is 7.88. The number of fused-ring (bicyclic) bond motifs is 2. The van der Waals surface area contributed by atoms with Crippen molar-refractivity contribution in [3.8, 4) is 0 Å². The van der Waals surface area contributed by atoms with E-state index < -0.39 is 0 Å². The maximum atomic E-state index is 12.7. The number of anilines is 2. The van der Waals surface area contributed by atoms with E-state index in [1.807, 2.05) is 25.3 Å². The Hall–Kier alpha value is -2.17. The number of nitrogens with zero attached hydrogens (tertiary/aromatic N) is 3. The fraction of sp³-hybridized carbons (Fsp3) is 0.438. The lowest BCUT2D eigenvalue weighted by Crippen LogP contribution is -2.44. The standard InChI is InChI=1S/C16H18N4O/c1-9-5-7-17-14-12(9)16(21)19-13-10(2)6-8-18-15(13)20(14)11-3-4-11/h5-9,11-12H,3-4H2,1-2H3,(H,19,21). The number of nitrogens with one attached hydrogen (secondary N) is 1. The Morgan fingerprint density at radius 3 is 2.95 bits per heavy atom. The van der Waals surface area contributed by atoms with Crippen LogP contribution in [0.3, 0.4) is 0 Å². The number of amidine groups is 1. The van der Waals surface area contributed by atoms with Gasteiger partial charge in [-0.05, 0) is 37.3 Å². The average molecular weight is 282 g/mol. The molecule has 2 unspecified atom stereocenters. The number of hydrogen-bond donors (Lipinski definition) is 1. The van der Waals surface area contributed by atoms with E-state index in [9.17, 15) is 4.79 Å². The highest BCUT2D eigenvalue weighted by Crippen LogP contribution is 2.41. The van der Waals surface area contributed by atoms with E-state index in [0.29, 0.717) is 6.04 Å². The molecule has 2 atom stereocenters. The predicted molar refractivity (Wildman–Crippen MR) is 82.3 cm³/mol. The second-order valence-corrected chi connectivity index (χ2v) is 6.08. The van der Waals surface area contributed by atoms with E-state index in [0.717, 1.165) is 35.7 Å². The molecule has 1 aromatic heterocycles. The van der Waals surface area contributed by atoms with Gasteiger partial charge >= 0.3 is 0 Å². The Balaban J connectivity index is 1.93. The molecule has 1 N–H and O–H groups in total. The summed E-state index contributed by atoms with van der Waals surface area (Å²) in [5, 5.41) is 3.08. The molecule has 1 fully saturated rings. The van der Waals surface area contributed by atoms with Gasteiger partial charge in [0.25, 0.3) is 0 Å². The van der Waals surface area contributed by atoms with E-state index >= 15 is 0 Å². The Bertz CT molecular complexity index is 675. The lowest BCUT2D eigenvalue weighted by atomic mass is 9.90. The van der Waals surface area contributed by atoms with E-state index in [4.69, 9.17) is 0 Å². The predicted octanol–water partition coefficient (Wildman–Crippen LogP) is 2.49. The van der Waals surface area contributed by atoms with Gasteiger partial charge < -0.3 is 10.2 Å². The maximum absolute atomic E-state index is 12.7. The van der Waals surface area contributed by atoms with Gasteiger partial charge in [-0.15, -0.1) is 0 Å². The number of aryl methyl sites for hydroxylation is 1. The molecule has 0 radical (unpaired) electrons. The molecule has 5 heteroatoms. The van der Waals surface area contributed by atoms with Crippen LogP contribution in [0.15, 0.2) is 29.5 Å². The zero-order chi connectivity index (χ0) is 14.6. The summed E-state index contributed by atoms with van der Waals surface area (Å²) in [7, 11) is 0. The first kappa shape index (κ1) is 12.6. The smallest absolute Gasteiger partial charge is 0.235 e. The van der Waals surface area contributed by atoms with Gasteiger partial charge in [0, 0.05) is 18.4 Å². The Kier molecular flexibility index (Phi) is 2.64. The minimum absolute atomic E-state index is 0.0195. The average Bonchev–Trinajstić information content (AvgIpc) is 3.27. The molecule has 0 bridgehead atoms. The number of amides is 1. The molecule has 0 spiro atoms. The number of aromatic nitrogens is 1. The van der Waals surface area contributed by atoms with Crippen LogP contribution in [-0.4, -0.2) is 22.8 Å². The lowest BCUT2D eigenvalue weighted by molar-refractivity contribution is -0.118. The van der Waals surface area contributed by atoms with Crippen molar-refractivity contribution in [1.82, 2.24) is 4.98 Å². The molecule has 3 heterocycles. The van der Waals surface area contributed by atoms with E-state index in [1.165, 1.54) is 0 Å². The molecule has 1 amide bonds. The van der Waals surface area contributed by atoms with Gasteiger partial charge in [0.05, 0.1) is 5.69 Å². The molecule has 3 aliphatic rings. The number of rotatable bonds is 1. The molecular formula is C16H18N4O. The van der Waals surface area contributed by atoms with Crippen LogP contribution in [0.1, 0.15) is 25.3 Å². The first-order valence-electron chi connectivity index (χ1n) is 7.47. The van der Waals surface area contributed by atoms with Crippen LogP contribution in [0, 0.1) is 18.8 Å². The van der Waals surface area contributed by atoms with E-state index in [2.05, 4.69) is 27.1 Å². The van der Waals surface area contributed by atoms with E-state index in [1.54, 1.807) is 6.20 Å². The van der Waals surface area contributed by atoms with Gasteiger partial charge in [0.2, 0.25) is 5.91 Å². The minimum atomic E-state index is -0.232. The van der Waals surface area contributed by atoms with Gasteiger partial charge in [-0.2, -0.15) is 0 Å². The molecule has 2 aliphatic heterocycles. The summed E-state index contributed by atoms with van der Waals surface area (Å²) in [6.45, 7) is 4.07. The van der Waals surface area contributed by atoms with E-state index in [-0.39, 0.29) is 17.7 Å². The Morgan fingerprint density at radius 1 is 1.38 bits per heavy atom. The van der Waals surface area contributed by atoms with Crippen molar-refractivity contribution >= 4 is 23.2 Å². The molecule has 1 saturated carbocycles. The van der Waals surface area contributed by atoms with Crippen LogP contribution in [0.4, 0.5) is 11.5 Å². The number of pyridine rings is 1. The fourth-order valence-corrected chi connectivity index (χ4v) is 3.13. The molecule has 21 heavy (non-hydrogen) atoms. The van der Waals surface area contributed by atoms with Crippen molar-refractivity contribution in [1.29, 1.82) is 0 Å². The summed E-state index contributed by atoms with van der Waals surface area (Å²) in [5.74, 6) is 1.63. The number of allylic oxidation sites excluding steroid dienone is 1. The summed E-state index contributed by atoms with van der Waals surface area (Å²) in [6, 6.07) is 2.36. The van der Waals surface area contributed by atoms with Crippen molar-refractivity contribution in [2.75, 3.05) is 10.2 Å². The number of hydrogen-bond acceptors (Lipinski definition) is 4. The number of carbonyl (C=O) groups is 1. The summed E-state index contributed by atoms with van der Waals surface area (Å²) < 4.78 is 0. The van der Waals surface area contributed by atoms with Crippen molar-refractivity contribution in [3.05, 3.63) is 30.1 Å².